The highest BCUT2D eigenvalue weighted by Crippen LogP contribution is 2.32. The molecule has 2 aromatic heterocycles. The molecule has 2 amide bonds. The highest BCUT2D eigenvalue weighted by molar-refractivity contribution is 9.10. The van der Waals surface area contributed by atoms with Gasteiger partial charge in [-0.05, 0) is 111 Å². The summed E-state index contributed by atoms with van der Waals surface area (Å²) in [5, 5.41) is 4.68. The zero-order chi connectivity index (χ0) is 27.3. The van der Waals surface area contributed by atoms with Crippen LogP contribution in [-0.2, 0) is 22.5 Å². The summed E-state index contributed by atoms with van der Waals surface area (Å²) in [6.07, 6.45) is 6.69. The summed E-state index contributed by atoms with van der Waals surface area (Å²) >= 11 is 5.06. The number of halogens is 1. The maximum atomic E-state index is 13.2. The number of piperidine rings is 2. The quantitative estimate of drug-likeness (QED) is 0.404. The van der Waals surface area contributed by atoms with E-state index in [-0.39, 0.29) is 5.92 Å². The summed E-state index contributed by atoms with van der Waals surface area (Å²) in [4.78, 5) is 46.1. The van der Waals surface area contributed by atoms with Crippen LogP contribution in [0.5, 0.6) is 0 Å². The van der Waals surface area contributed by atoms with Gasteiger partial charge >= 0.3 is 6.09 Å². The minimum atomic E-state index is -0.567. The van der Waals surface area contributed by atoms with E-state index < -0.39 is 11.7 Å². The van der Waals surface area contributed by atoms with Crippen LogP contribution in [0.15, 0.2) is 28.2 Å². The molecule has 8 nitrogen and oxygen atoms in total. The predicted octanol–water partition coefficient (Wildman–Crippen LogP) is 5.76. The first-order chi connectivity index (χ1) is 18.1. The molecule has 2 saturated heterocycles. The Morgan fingerprint density at radius 3 is 2.55 bits per heavy atom. The Labute approximate surface area is 237 Å². The minimum absolute atomic E-state index is 0.0809. The van der Waals surface area contributed by atoms with Gasteiger partial charge in [0.05, 0.1) is 4.88 Å². The van der Waals surface area contributed by atoms with Crippen molar-refractivity contribution in [1.82, 2.24) is 14.8 Å². The van der Waals surface area contributed by atoms with Gasteiger partial charge in [0.25, 0.3) is 0 Å². The summed E-state index contributed by atoms with van der Waals surface area (Å²) in [7, 11) is 0. The molecule has 0 aromatic carbocycles. The van der Waals surface area contributed by atoms with Crippen molar-refractivity contribution >= 4 is 51.4 Å². The number of rotatable bonds is 7. The normalized spacial score (nSPS) is 17.8. The summed E-state index contributed by atoms with van der Waals surface area (Å²) in [5.41, 5.74) is 1.61. The Hall–Kier alpha value is -2.30. The SMILES string of the molecule is CC(C)(C)OC(=O)Nc1cc(CN2CCC(C(=O)N3CCC(Cc4c(Br)csc4C=O)CC3)CC2)ccn1. The van der Waals surface area contributed by atoms with Gasteiger partial charge < -0.3 is 9.64 Å². The number of ether oxygens (including phenoxy) is 1. The molecule has 10 heteroatoms. The number of nitrogens with one attached hydrogen (secondary N) is 1. The second-order valence-corrected chi connectivity index (χ2v) is 13.0. The summed E-state index contributed by atoms with van der Waals surface area (Å²) in [6, 6.07) is 3.83. The van der Waals surface area contributed by atoms with Crippen molar-refractivity contribution in [2.45, 2.75) is 65.0 Å². The molecule has 2 aromatic rings. The second-order valence-electron chi connectivity index (χ2n) is 11.2. The van der Waals surface area contributed by atoms with Crippen LogP contribution < -0.4 is 5.32 Å². The summed E-state index contributed by atoms with van der Waals surface area (Å²) in [6.45, 7) is 9.55. The Balaban J connectivity index is 1.21. The van der Waals surface area contributed by atoms with E-state index in [1.807, 2.05) is 38.3 Å². The standard InChI is InChI=1S/C28H37BrN4O4S/c1-28(2,3)37-27(36)31-25-15-20(4-9-30-25)16-32-10-7-21(8-11-32)26(35)33-12-5-19(6-13-33)14-22-23(29)18-38-24(22)17-34/h4,9,15,17-19,21H,5-8,10-14,16H2,1-3H3,(H,30,31,36). The number of amides is 2. The van der Waals surface area contributed by atoms with E-state index in [1.54, 1.807) is 6.20 Å². The molecule has 206 valence electrons. The van der Waals surface area contributed by atoms with Crippen LogP contribution in [0.3, 0.4) is 0 Å². The Bertz CT molecular complexity index is 1130. The molecular formula is C28H37BrN4O4S. The van der Waals surface area contributed by atoms with Gasteiger partial charge in [-0.15, -0.1) is 11.3 Å². The molecule has 0 spiro atoms. The van der Waals surface area contributed by atoms with Crippen LogP contribution in [0.4, 0.5) is 10.6 Å². The smallest absolute Gasteiger partial charge is 0.413 e. The fraction of sp³-hybridized carbons (Fsp3) is 0.571. The molecule has 2 aliphatic rings. The van der Waals surface area contributed by atoms with Crippen LogP contribution in [0.2, 0.25) is 0 Å². The molecular weight excluding hydrogens is 568 g/mol. The number of pyridine rings is 1. The fourth-order valence-corrected chi connectivity index (χ4v) is 6.77. The lowest BCUT2D eigenvalue weighted by atomic mass is 9.88. The number of aldehydes is 1. The molecule has 2 fully saturated rings. The van der Waals surface area contributed by atoms with Crippen LogP contribution in [0.25, 0.3) is 0 Å². The number of nitrogens with zero attached hydrogens (tertiary/aromatic N) is 3. The third-order valence-electron chi connectivity index (χ3n) is 7.20. The second kappa shape index (κ2) is 12.7. The predicted molar refractivity (Wildman–Crippen MR) is 153 cm³/mol. The maximum absolute atomic E-state index is 13.2. The van der Waals surface area contributed by atoms with E-state index in [4.69, 9.17) is 4.74 Å². The van der Waals surface area contributed by atoms with Crippen LogP contribution >= 0.6 is 27.3 Å². The largest absolute Gasteiger partial charge is 0.444 e. The molecule has 0 atom stereocenters. The van der Waals surface area contributed by atoms with Gasteiger partial charge in [0.15, 0.2) is 6.29 Å². The average molecular weight is 606 g/mol. The topological polar surface area (TPSA) is 91.8 Å². The zero-order valence-electron chi connectivity index (χ0n) is 22.4. The van der Waals surface area contributed by atoms with E-state index in [2.05, 4.69) is 36.0 Å². The van der Waals surface area contributed by atoms with Gasteiger partial charge in [-0.1, -0.05) is 0 Å². The first kappa shape index (κ1) is 28.7. The maximum Gasteiger partial charge on any atom is 0.413 e. The minimum Gasteiger partial charge on any atom is -0.444 e. The van der Waals surface area contributed by atoms with E-state index in [9.17, 15) is 14.4 Å². The first-order valence-electron chi connectivity index (χ1n) is 13.3. The molecule has 0 radical (unpaired) electrons. The summed E-state index contributed by atoms with van der Waals surface area (Å²) < 4.78 is 6.33. The number of aromatic nitrogens is 1. The van der Waals surface area contributed by atoms with Crippen molar-refractivity contribution in [2.24, 2.45) is 11.8 Å². The lowest BCUT2D eigenvalue weighted by Crippen LogP contribution is -2.45. The van der Waals surface area contributed by atoms with E-state index >= 15 is 0 Å². The monoisotopic (exact) mass is 604 g/mol. The van der Waals surface area contributed by atoms with Crippen molar-refractivity contribution in [1.29, 1.82) is 0 Å². The van der Waals surface area contributed by atoms with Gasteiger partial charge in [0, 0.05) is 41.6 Å². The number of anilines is 1. The van der Waals surface area contributed by atoms with E-state index in [0.29, 0.717) is 17.6 Å². The van der Waals surface area contributed by atoms with E-state index in [1.165, 1.54) is 11.3 Å². The number of thiophene rings is 1. The Kier molecular flexibility index (Phi) is 9.59. The van der Waals surface area contributed by atoms with Gasteiger partial charge in [-0.2, -0.15) is 0 Å². The molecule has 4 heterocycles. The molecule has 4 rings (SSSR count). The molecule has 0 aliphatic carbocycles. The van der Waals surface area contributed by atoms with Crippen molar-refractivity contribution in [2.75, 3.05) is 31.5 Å². The number of carbonyl (C=O) groups is 3. The molecule has 0 bridgehead atoms. The van der Waals surface area contributed by atoms with Gasteiger partial charge in [0.1, 0.15) is 11.4 Å². The first-order valence-corrected chi connectivity index (χ1v) is 15.0. The van der Waals surface area contributed by atoms with Crippen molar-refractivity contribution in [3.05, 3.63) is 44.2 Å². The molecule has 0 unspecified atom stereocenters. The van der Waals surface area contributed by atoms with Crippen LogP contribution in [0.1, 0.15) is 67.3 Å². The molecule has 0 saturated carbocycles. The summed E-state index contributed by atoms with van der Waals surface area (Å²) in [5.74, 6) is 1.35. The highest BCUT2D eigenvalue weighted by atomic mass is 79.9. The zero-order valence-corrected chi connectivity index (χ0v) is 24.8. The number of hydrogen-bond donors (Lipinski definition) is 1. The van der Waals surface area contributed by atoms with E-state index in [0.717, 1.165) is 91.6 Å². The lowest BCUT2D eigenvalue weighted by Gasteiger charge is -2.37. The molecule has 38 heavy (non-hydrogen) atoms. The number of likely N-dealkylation sites (tertiary alicyclic amines) is 2. The Morgan fingerprint density at radius 2 is 1.89 bits per heavy atom. The average Bonchev–Trinajstić information content (AvgIpc) is 3.22. The number of carbonyl (C=O) groups excluding carboxylic acids is 3. The van der Waals surface area contributed by atoms with Gasteiger partial charge in [-0.25, -0.2) is 9.78 Å². The highest BCUT2D eigenvalue weighted by Gasteiger charge is 2.31. The molecule has 2 aliphatic heterocycles. The third kappa shape index (κ3) is 7.86. The van der Waals surface area contributed by atoms with Crippen molar-refractivity contribution < 1.29 is 19.1 Å². The number of hydrogen-bond acceptors (Lipinski definition) is 7. The van der Waals surface area contributed by atoms with Gasteiger partial charge in [0.2, 0.25) is 5.91 Å². The fourth-order valence-electron chi connectivity index (χ4n) is 5.22. The molecule has 1 N–H and O–H groups in total. The Morgan fingerprint density at radius 1 is 1.18 bits per heavy atom. The van der Waals surface area contributed by atoms with Crippen LogP contribution in [-0.4, -0.2) is 64.9 Å². The lowest BCUT2D eigenvalue weighted by molar-refractivity contribution is -0.138. The third-order valence-corrected chi connectivity index (χ3v) is 9.16. The van der Waals surface area contributed by atoms with Gasteiger partial charge in [-0.3, -0.25) is 19.8 Å². The van der Waals surface area contributed by atoms with Crippen molar-refractivity contribution in [3.8, 4) is 0 Å². The van der Waals surface area contributed by atoms with Crippen molar-refractivity contribution in [3.63, 3.8) is 0 Å². The van der Waals surface area contributed by atoms with Crippen LogP contribution in [0, 0.1) is 11.8 Å².